The highest BCUT2D eigenvalue weighted by Gasteiger charge is 2.31. The van der Waals surface area contributed by atoms with Gasteiger partial charge in [-0.05, 0) is 42.5 Å². The number of rotatable bonds is 5. The van der Waals surface area contributed by atoms with Crippen LogP contribution in [0.2, 0.25) is 0 Å². The van der Waals surface area contributed by atoms with Crippen molar-refractivity contribution in [1.29, 1.82) is 0 Å². The van der Waals surface area contributed by atoms with Crippen molar-refractivity contribution in [2.24, 2.45) is 0 Å². The first-order valence-corrected chi connectivity index (χ1v) is 12.0. The lowest BCUT2D eigenvalue weighted by Crippen LogP contribution is -2.39. The molecule has 0 spiro atoms. The molecule has 0 bridgehead atoms. The van der Waals surface area contributed by atoms with E-state index in [1.807, 2.05) is 53.4 Å². The van der Waals surface area contributed by atoms with Crippen LogP contribution >= 0.6 is 0 Å². The molecule has 0 radical (unpaired) electrons. The van der Waals surface area contributed by atoms with Crippen LogP contribution in [0.1, 0.15) is 22.5 Å². The molecule has 0 saturated heterocycles. The van der Waals surface area contributed by atoms with E-state index in [2.05, 4.69) is 20.3 Å². The molecule has 1 aliphatic heterocycles. The van der Waals surface area contributed by atoms with E-state index in [9.17, 15) is 18.0 Å². The van der Waals surface area contributed by atoms with E-state index in [0.717, 1.165) is 17.8 Å². The molecule has 192 valence electrons. The van der Waals surface area contributed by atoms with Gasteiger partial charge >= 0.3 is 6.18 Å². The summed E-state index contributed by atoms with van der Waals surface area (Å²) in [6.07, 6.45) is -2.26. The molecule has 0 aliphatic carbocycles. The number of aromatic amines is 1. The Bertz CT molecular complexity index is 1660. The van der Waals surface area contributed by atoms with Gasteiger partial charge in [0, 0.05) is 19.2 Å². The van der Waals surface area contributed by atoms with Crippen molar-refractivity contribution in [3.63, 3.8) is 0 Å². The number of imidazole rings is 1. The third-order valence-corrected chi connectivity index (χ3v) is 6.49. The van der Waals surface area contributed by atoms with Gasteiger partial charge in [0.05, 0.1) is 52.3 Å². The van der Waals surface area contributed by atoms with E-state index >= 15 is 0 Å². The number of para-hydroxylation sites is 1. The molecule has 11 heteroatoms. The minimum atomic E-state index is -4.44. The second-order valence-corrected chi connectivity index (χ2v) is 8.97. The maximum Gasteiger partial charge on any atom is 0.416 e. The molecule has 0 fully saturated rings. The molecule has 0 unspecified atom stereocenters. The number of nitrogens with one attached hydrogen (secondary N) is 2. The first kappa shape index (κ1) is 23.7. The van der Waals surface area contributed by atoms with Crippen LogP contribution in [0.4, 0.5) is 25.1 Å². The molecule has 3 aromatic heterocycles. The Morgan fingerprint density at radius 2 is 1.82 bits per heavy atom. The van der Waals surface area contributed by atoms with Gasteiger partial charge in [-0.2, -0.15) is 13.2 Å². The van der Waals surface area contributed by atoms with E-state index in [4.69, 9.17) is 4.98 Å². The molecule has 0 atom stereocenters. The zero-order valence-corrected chi connectivity index (χ0v) is 20.0. The molecule has 38 heavy (non-hydrogen) atoms. The summed E-state index contributed by atoms with van der Waals surface area (Å²) >= 11 is 0. The van der Waals surface area contributed by atoms with Crippen LogP contribution in [0.25, 0.3) is 16.7 Å². The lowest BCUT2D eigenvalue weighted by molar-refractivity contribution is -0.137. The van der Waals surface area contributed by atoms with Gasteiger partial charge in [0.25, 0.3) is 5.56 Å². The van der Waals surface area contributed by atoms with Crippen molar-refractivity contribution in [2.45, 2.75) is 25.7 Å². The number of nitrogens with zero attached hydrogens (tertiary/aromatic N) is 5. The minimum Gasteiger partial charge on any atom is -0.350 e. The molecule has 2 aromatic carbocycles. The van der Waals surface area contributed by atoms with E-state index in [0.29, 0.717) is 53.9 Å². The quantitative estimate of drug-likeness (QED) is 0.351. The van der Waals surface area contributed by atoms with Gasteiger partial charge in [0.15, 0.2) is 0 Å². The van der Waals surface area contributed by atoms with E-state index in [1.54, 1.807) is 10.8 Å². The Morgan fingerprint density at radius 1 is 1.00 bits per heavy atom. The van der Waals surface area contributed by atoms with Crippen molar-refractivity contribution >= 4 is 22.9 Å². The van der Waals surface area contributed by atoms with Gasteiger partial charge in [-0.3, -0.25) is 9.78 Å². The topological polar surface area (TPSA) is 91.7 Å². The number of fused-ring (bicyclic) bond motifs is 2. The Labute approximate surface area is 214 Å². The first-order valence-electron chi connectivity index (χ1n) is 12.0. The van der Waals surface area contributed by atoms with E-state index in [1.165, 1.54) is 6.07 Å². The summed E-state index contributed by atoms with van der Waals surface area (Å²) in [5.41, 5.74) is 2.41. The predicted molar refractivity (Wildman–Crippen MR) is 137 cm³/mol. The zero-order valence-electron chi connectivity index (χ0n) is 20.0. The summed E-state index contributed by atoms with van der Waals surface area (Å²) in [5.74, 6) is 0.829. The number of alkyl halides is 3. The Hall–Kier alpha value is -4.67. The van der Waals surface area contributed by atoms with Gasteiger partial charge in [-0.15, -0.1) is 0 Å². The Morgan fingerprint density at radius 3 is 2.58 bits per heavy atom. The number of hydrogen-bond donors (Lipinski definition) is 2. The number of benzene rings is 2. The maximum absolute atomic E-state index is 13.8. The van der Waals surface area contributed by atoms with Crippen molar-refractivity contribution < 1.29 is 13.2 Å². The fourth-order valence-corrected chi connectivity index (χ4v) is 4.59. The average molecular weight is 518 g/mol. The summed E-state index contributed by atoms with van der Waals surface area (Å²) in [7, 11) is 0. The molecular formula is C27H22F3N7O. The normalized spacial score (nSPS) is 13.5. The summed E-state index contributed by atoms with van der Waals surface area (Å²) in [4.78, 5) is 32.3. The largest absolute Gasteiger partial charge is 0.416 e. The second-order valence-electron chi connectivity index (χ2n) is 8.97. The van der Waals surface area contributed by atoms with Crippen LogP contribution in [-0.4, -0.2) is 31.0 Å². The minimum absolute atomic E-state index is 0.218. The standard InChI is InChI=1S/C27H22F3N7O/c28-27(29,30)17-9-10-22-23(14-17)35-26(34-22)36-13-11-21-20(16-36)24(38)37(19-7-2-1-3-8-19)25(33-21)32-15-18-6-4-5-12-31-18/h1-10,12,14H,11,13,15-16H2,(H,32,33)(H,34,35). The molecule has 4 heterocycles. The van der Waals surface area contributed by atoms with E-state index in [-0.39, 0.29) is 17.6 Å². The van der Waals surface area contributed by atoms with Gasteiger partial charge in [0.2, 0.25) is 11.9 Å². The van der Waals surface area contributed by atoms with Crippen LogP contribution in [0.15, 0.2) is 77.7 Å². The van der Waals surface area contributed by atoms with Crippen LogP contribution in [0, 0.1) is 0 Å². The van der Waals surface area contributed by atoms with Crippen LogP contribution in [-0.2, 0) is 25.7 Å². The lowest BCUT2D eigenvalue weighted by Gasteiger charge is -2.28. The monoisotopic (exact) mass is 517 g/mol. The maximum atomic E-state index is 13.8. The molecule has 0 amide bonds. The molecule has 0 saturated carbocycles. The molecule has 6 rings (SSSR count). The Kier molecular flexibility index (Phi) is 5.82. The van der Waals surface area contributed by atoms with Gasteiger partial charge in [-0.1, -0.05) is 24.3 Å². The van der Waals surface area contributed by atoms with Crippen molar-refractivity contribution in [3.05, 3.63) is 106 Å². The van der Waals surface area contributed by atoms with Crippen LogP contribution in [0.3, 0.4) is 0 Å². The number of halogens is 3. The third kappa shape index (κ3) is 4.47. The molecule has 2 N–H and O–H groups in total. The highest BCUT2D eigenvalue weighted by Crippen LogP contribution is 2.32. The molecule has 5 aromatic rings. The molecule has 8 nitrogen and oxygen atoms in total. The molecular weight excluding hydrogens is 495 g/mol. The predicted octanol–water partition coefficient (Wildman–Crippen LogP) is 4.70. The highest BCUT2D eigenvalue weighted by atomic mass is 19.4. The molecule has 1 aliphatic rings. The number of H-pyrrole nitrogens is 1. The summed E-state index contributed by atoms with van der Waals surface area (Å²) in [6.45, 7) is 1.12. The second kappa shape index (κ2) is 9.33. The number of pyridine rings is 1. The smallest absolute Gasteiger partial charge is 0.350 e. The summed E-state index contributed by atoms with van der Waals surface area (Å²) in [5, 5.41) is 3.26. The Balaban J connectivity index is 1.36. The zero-order chi connectivity index (χ0) is 26.3. The SMILES string of the molecule is O=c1c2c(nc(NCc3ccccn3)n1-c1ccccc1)CCN(c1nc3ccc(C(F)(F)F)cc3[nH]1)C2. The van der Waals surface area contributed by atoms with Gasteiger partial charge < -0.3 is 15.2 Å². The number of aromatic nitrogens is 5. The summed E-state index contributed by atoms with van der Waals surface area (Å²) < 4.78 is 41.0. The fraction of sp³-hybridized carbons (Fsp3) is 0.185. The van der Waals surface area contributed by atoms with Crippen LogP contribution in [0.5, 0.6) is 0 Å². The van der Waals surface area contributed by atoms with E-state index < -0.39 is 11.7 Å². The lowest BCUT2D eigenvalue weighted by atomic mass is 10.1. The third-order valence-electron chi connectivity index (χ3n) is 6.49. The van der Waals surface area contributed by atoms with Crippen molar-refractivity contribution in [1.82, 2.24) is 24.5 Å². The van der Waals surface area contributed by atoms with Gasteiger partial charge in [0.1, 0.15) is 0 Å². The number of hydrogen-bond acceptors (Lipinski definition) is 6. The average Bonchev–Trinajstić information content (AvgIpc) is 3.36. The van der Waals surface area contributed by atoms with Crippen molar-refractivity contribution in [3.8, 4) is 5.69 Å². The van der Waals surface area contributed by atoms with Crippen LogP contribution < -0.4 is 15.8 Å². The van der Waals surface area contributed by atoms with Gasteiger partial charge in [-0.25, -0.2) is 14.5 Å². The van der Waals surface area contributed by atoms with Crippen molar-refractivity contribution in [2.75, 3.05) is 16.8 Å². The number of anilines is 2. The fourth-order valence-electron chi connectivity index (χ4n) is 4.59. The summed E-state index contributed by atoms with van der Waals surface area (Å²) in [6, 6.07) is 18.3. The highest BCUT2D eigenvalue weighted by molar-refractivity contribution is 5.78. The first-order chi connectivity index (χ1) is 18.4.